The van der Waals surface area contributed by atoms with Gasteiger partial charge in [0.15, 0.2) is 0 Å². The van der Waals surface area contributed by atoms with Gasteiger partial charge in [0, 0.05) is 25.4 Å². The van der Waals surface area contributed by atoms with Crippen LogP contribution in [0, 0.1) is 5.41 Å². The van der Waals surface area contributed by atoms with Gasteiger partial charge in [-0.15, -0.1) is 0 Å². The van der Waals surface area contributed by atoms with Crippen LogP contribution in [0.3, 0.4) is 0 Å². The lowest BCUT2D eigenvalue weighted by Crippen LogP contribution is -2.48. The minimum atomic E-state index is -0.231. The molecule has 2 fully saturated rings. The molecule has 18 heavy (non-hydrogen) atoms. The fraction of sp³-hybridized carbons (Fsp3) is 0.929. The van der Waals surface area contributed by atoms with Crippen molar-refractivity contribution in [1.82, 2.24) is 4.90 Å². The second-order valence-corrected chi connectivity index (χ2v) is 6.88. The van der Waals surface area contributed by atoms with Crippen LogP contribution in [0.25, 0.3) is 0 Å². The molecule has 1 amide bonds. The molecule has 1 aliphatic heterocycles. The first-order valence-electron chi connectivity index (χ1n) is 7.36. The van der Waals surface area contributed by atoms with Crippen LogP contribution in [0.5, 0.6) is 0 Å². The van der Waals surface area contributed by atoms with Crippen LogP contribution < -0.4 is 5.73 Å². The van der Waals surface area contributed by atoms with Crippen molar-refractivity contribution in [3.63, 3.8) is 0 Å². The second kappa shape index (κ2) is 6.80. The predicted molar refractivity (Wildman–Crippen MR) is 77.7 cm³/mol. The maximum Gasteiger partial charge on any atom is 0.230 e. The number of hydrogen-bond donors (Lipinski definition) is 1. The molecule has 1 heterocycles. The summed E-state index contributed by atoms with van der Waals surface area (Å²) in [4.78, 5) is 14.9. The van der Waals surface area contributed by atoms with E-state index in [1.165, 1.54) is 31.4 Å². The topological polar surface area (TPSA) is 46.3 Å². The molecule has 0 unspecified atom stereocenters. The van der Waals surface area contributed by atoms with Crippen molar-refractivity contribution in [1.29, 1.82) is 0 Å². The molecule has 0 bridgehead atoms. The van der Waals surface area contributed by atoms with Gasteiger partial charge in [-0.25, -0.2) is 0 Å². The summed E-state index contributed by atoms with van der Waals surface area (Å²) in [5.74, 6) is 2.64. The van der Waals surface area contributed by atoms with E-state index in [2.05, 4.69) is 4.90 Å². The number of carbonyl (C=O) groups excluding carboxylic acids is 1. The third-order valence-electron chi connectivity index (χ3n) is 4.41. The zero-order chi connectivity index (χ0) is 12.8. The van der Waals surface area contributed by atoms with E-state index in [9.17, 15) is 4.79 Å². The Morgan fingerprint density at radius 1 is 1.06 bits per heavy atom. The number of thioether (sulfide) groups is 1. The van der Waals surface area contributed by atoms with Gasteiger partial charge in [-0.1, -0.05) is 25.7 Å². The van der Waals surface area contributed by atoms with Crippen molar-refractivity contribution in [3.8, 4) is 0 Å². The number of rotatable bonds is 2. The minimum absolute atomic E-state index is 0.231. The van der Waals surface area contributed by atoms with Gasteiger partial charge in [-0.2, -0.15) is 11.8 Å². The Morgan fingerprint density at radius 2 is 1.78 bits per heavy atom. The number of nitrogens with zero attached hydrogens (tertiary/aromatic N) is 1. The normalized spacial score (nSPS) is 25.3. The van der Waals surface area contributed by atoms with E-state index in [0.717, 1.165) is 38.1 Å². The summed E-state index contributed by atoms with van der Waals surface area (Å²) in [6.07, 6.45) is 8.03. The molecule has 104 valence electrons. The monoisotopic (exact) mass is 270 g/mol. The molecule has 1 aliphatic carbocycles. The molecule has 2 rings (SSSR count). The third-order valence-corrected chi connectivity index (χ3v) is 5.46. The maximum absolute atomic E-state index is 12.8. The quantitative estimate of drug-likeness (QED) is 0.783. The molecule has 1 saturated heterocycles. The molecule has 0 atom stereocenters. The molecule has 1 saturated carbocycles. The van der Waals surface area contributed by atoms with E-state index in [4.69, 9.17) is 5.73 Å². The van der Waals surface area contributed by atoms with Crippen LogP contribution in [-0.4, -0.2) is 41.9 Å². The van der Waals surface area contributed by atoms with E-state index >= 15 is 0 Å². The molecule has 0 aromatic carbocycles. The predicted octanol–water partition coefficient (Wildman–Crippen LogP) is 2.25. The number of carbonyl (C=O) groups is 1. The van der Waals surface area contributed by atoms with Gasteiger partial charge in [0.2, 0.25) is 5.91 Å². The minimum Gasteiger partial charge on any atom is -0.341 e. The summed E-state index contributed by atoms with van der Waals surface area (Å²) in [5, 5.41) is 0. The SMILES string of the molecule is NCC1(C(=O)N2CCCSCC2)CCCCCC1. The standard InChI is InChI=1S/C14H26N2OS/c15-12-14(6-3-1-2-4-7-14)13(17)16-8-5-10-18-11-9-16/h1-12,15H2. The zero-order valence-electron chi connectivity index (χ0n) is 11.3. The fourth-order valence-corrected chi connectivity index (χ4v) is 4.08. The van der Waals surface area contributed by atoms with Crippen LogP contribution in [0.4, 0.5) is 0 Å². The average molecular weight is 270 g/mol. The van der Waals surface area contributed by atoms with Gasteiger partial charge < -0.3 is 10.6 Å². The maximum atomic E-state index is 12.8. The van der Waals surface area contributed by atoms with Gasteiger partial charge in [0.05, 0.1) is 5.41 Å². The lowest BCUT2D eigenvalue weighted by atomic mass is 9.79. The fourth-order valence-electron chi connectivity index (χ4n) is 3.20. The summed E-state index contributed by atoms with van der Waals surface area (Å²) in [7, 11) is 0. The molecular formula is C14H26N2OS. The Hall–Kier alpha value is -0.220. The van der Waals surface area contributed by atoms with Gasteiger partial charge in [0.25, 0.3) is 0 Å². The van der Waals surface area contributed by atoms with Gasteiger partial charge in [0.1, 0.15) is 0 Å². The van der Waals surface area contributed by atoms with Gasteiger partial charge >= 0.3 is 0 Å². The van der Waals surface area contributed by atoms with Gasteiger partial charge in [-0.05, 0) is 25.0 Å². The van der Waals surface area contributed by atoms with Crippen molar-refractivity contribution < 1.29 is 4.79 Å². The van der Waals surface area contributed by atoms with E-state index in [-0.39, 0.29) is 5.41 Å². The largest absolute Gasteiger partial charge is 0.341 e. The highest BCUT2D eigenvalue weighted by atomic mass is 32.2. The van der Waals surface area contributed by atoms with E-state index < -0.39 is 0 Å². The number of hydrogen-bond acceptors (Lipinski definition) is 3. The Morgan fingerprint density at radius 3 is 2.44 bits per heavy atom. The number of amides is 1. The average Bonchev–Trinajstić information content (AvgIpc) is 2.81. The first-order valence-corrected chi connectivity index (χ1v) is 8.51. The third kappa shape index (κ3) is 3.21. The van der Waals surface area contributed by atoms with Crippen molar-refractivity contribution in [2.24, 2.45) is 11.1 Å². The highest BCUT2D eigenvalue weighted by Crippen LogP contribution is 2.36. The Kier molecular flexibility index (Phi) is 5.37. The first kappa shape index (κ1) is 14.2. The molecule has 3 nitrogen and oxygen atoms in total. The molecule has 0 aromatic rings. The highest BCUT2D eigenvalue weighted by molar-refractivity contribution is 7.99. The molecule has 2 aliphatic rings. The van der Waals surface area contributed by atoms with Crippen molar-refractivity contribution in [2.75, 3.05) is 31.1 Å². The number of nitrogens with two attached hydrogens (primary N) is 1. The Bertz CT molecular complexity index is 267. The summed E-state index contributed by atoms with van der Waals surface area (Å²) >= 11 is 1.97. The van der Waals surface area contributed by atoms with Crippen molar-refractivity contribution >= 4 is 17.7 Å². The van der Waals surface area contributed by atoms with Crippen LogP contribution >= 0.6 is 11.8 Å². The molecule has 2 N–H and O–H groups in total. The summed E-state index contributed by atoms with van der Waals surface area (Å²) < 4.78 is 0. The summed E-state index contributed by atoms with van der Waals surface area (Å²) in [6.45, 7) is 2.40. The van der Waals surface area contributed by atoms with Crippen molar-refractivity contribution in [2.45, 2.75) is 44.9 Å². The molecule has 0 radical (unpaired) electrons. The molecule has 0 spiro atoms. The zero-order valence-corrected chi connectivity index (χ0v) is 12.1. The second-order valence-electron chi connectivity index (χ2n) is 5.66. The smallest absolute Gasteiger partial charge is 0.230 e. The first-order chi connectivity index (χ1) is 8.78. The van der Waals surface area contributed by atoms with E-state index in [0.29, 0.717) is 12.5 Å². The van der Waals surface area contributed by atoms with Crippen molar-refractivity contribution in [3.05, 3.63) is 0 Å². The molecule has 4 heteroatoms. The molecular weight excluding hydrogens is 244 g/mol. The summed E-state index contributed by atoms with van der Waals surface area (Å²) in [6, 6.07) is 0. The lowest BCUT2D eigenvalue weighted by molar-refractivity contribution is -0.142. The van der Waals surface area contributed by atoms with Crippen LogP contribution in [0.2, 0.25) is 0 Å². The van der Waals surface area contributed by atoms with Crippen LogP contribution in [-0.2, 0) is 4.79 Å². The highest BCUT2D eigenvalue weighted by Gasteiger charge is 2.39. The Balaban J connectivity index is 2.06. The van der Waals surface area contributed by atoms with Crippen LogP contribution in [0.15, 0.2) is 0 Å². The van der Waals surface area contributed by atoms with Gasteiger partial charge in [-0.3, -0.25) is 4.79 Å². The van der Waals surface area contributed by atoms with E-state index in [1.807, 2.05) is 11.8 Å². The van der Waals surface area contributed by atoms with E-state index in [1.54, 1.807) is 0 Å². The lowest BCUT2D eigenvalue weighted by Gasteiger charge is -2.35. The van der Waals surface area contributed by atoms with Crippen LogP contribution in [0.1, 0.15) is 44.9 Å². The molecule has 0 aromatic heterocycles. The Labute approximate surface area is 115 Å². The summed E-state index contributed by atoms with van der Waals surface area (Å²) in [5.41, 5.74) is 5.77.